The standard InChI is InChI=1S/C14H24N2O2S/c1-12(2)11-16(10-4-9-15)13-5-7-14(8-6-13)19(3,17)18/h5-8,12H,4,9-11,15H2,1-3H3. The molecule has 0 amide bonds. The molecule has 0 bridgehead atoms. The highest BCUT2D eigenvalue weighted by molar-refractivity contribution is 7.90. The van der Waals surface area contributed by atoms with Crippen molar-refractivity contribution < 1.29 is 8.42 Å². The maximum absolute atomic E-state index is 11.4. The normalized spacial score (nSPS) is 11.8. The molecule has 5 heteroatoms. The van der Waals surface area contributed by atoms with Crippen LogP contribution in [0.2, 0.25) is 0 Å². The quantitative estimate of drug-likeness (QED) is 0.830. The van der Waals surface area contributed by atoms with E-state index in [0.29, 0.717) is 17.4 Å². The number of nitrogens with two attached hydrogens (primary N) is 1. The summed E-state index contributed by atoms with van der Waals surface area (Å²) in [5.41, 5.74) is 6.61. The van der Waals surface area contributed by atoms with E-state index in [0.717, 1.165) is 25.2 Å². The minimum Gasteiger partial charge on any atom is -0.371 e. The van der Waals surface area contributed by atoms with Crippen molar-refractivity contribution in [2.24, 2.45) is 11.7 Å². The van der Waals surface area contributed by atoms with Gasteiger partial charge in [-0.05, 0) is 43.1 Å². The summed E-state index contributed by atoms with van der Waals surface area (Å²) in [5.74, 6) is 0.548. The highest BCUT2D eigenvalue weighted by Crippen LogP contribution is 2.19. The van der Waals surface area contributed by atoms with E-state index in [4.69, 9.17) is 5.73 Å². The summed E-state index contributed by atoms with van der Waals surface area (Å²) in [6.45, 7) is 6.84. The van der Waals surface area contributed by atoms with Gasteiger partial charge in [-0.3, -0.25) is 0 Å². The second-order valence-electron chi connectivity index (χ2n) is 5.25. The van der Waals surface area contributed by atoms with Gasteiger partial charge in [-0.2, -0.15) is 0 Å². The molecule has 0 spiro atoms. The number of hydrogen-bond acceptors (Lipinski definition) is 4. The maximum Gasteiger partial charge on any atom is 0.175 e. The molecule has 0 aliphatic rings. The van der Waals surface area contributed by atoms with E-state index in [2.05, 4.69) is 18.7 Å². The lowest BCUT2D eigenvalue weighted by atomic mass is 10.1. The molecular weight excluding hydrogens is 260 g/mol. The Balaban J connectivity index is 2.90. The van der Waals surface area contributed by atoms with E-state index in [1.165, 1.54) is 6.26 Å². The van der Waals surface area contributed by atoms with E-state index in [1.54, 1.807) is 12.1 Å². The van der Waals surface area contributed by atoms with Gasteiger partial charge in [0.25, 0.3) is 0 Å². The van der Waals surface area contributed by atoms with Crippen LogP contribution in [0, 0.1) is 5.92 Å². The van der Waals surface area contributed by atoms with Crippen LogP contribution in [0.1, 0.15) is 20.3 Å². The molecule has 0 unspecified atom stereocenters. The van der Waals surface area contributed by atoms with E-state index in [-0.39, 0.29) is 0 Å². The Morgan fingerprint density at radius 2 is 1.79 bits per heavy atom. The molecule has 0 aliphatic carbocycles. The van der Waals surface area contributed by atoms with E-state index in [1.807, 2.05) is 12.1 Å². The van der Waals surface area contributed by atoms with Crippen LogP contribution in [0.25, 0.3) is 0 Å². The van der Waals surface area contributed by atoms with Gasteiger partial charge in [-0.1, -0.05) is 13.8 Å². The van der Waals surface area contributed by atoms with Gasteiger partial charge in [0, 0.05) is 25.0 Å². The fourth-order valence-corrected chi connectivity index (χ4v) is 2.58. The van der Waals surface area contributed by atoms with Crippen LogP contribution in [0.3, 0.4) is 0 Å². The number of hydrogen-bond donors (Lipinski definition) is 1. The number of benzene rings is 1. The molecule has 19 heavy (non-hydrogen) atoms. The van der Waals surface area contributed by atoms with Crippen LogP contribution in [-0.4, -0.2) is 34.3 Å². The van der Waals surface area contributed by atoms with Crippen molar-refractivity contribution >= 4 is 15.5 Å². The number of anilines is 1. The zero-order valence-corrected chi connectivity index (χ0v) is 12.8. The van der Waals surface area contributed by atoms with Crippen molar-refractivity contribution in [3.63, 3.8) is 0 Å². The highest BCUT2D eigenvalue weighted by Gasteiger charge is 2.11. The van der Waals surface area contributed by atoms with Crippen molar-refractivity contribution in [2.45, 2.75) is 25.2 Å². The number of rotatable bonds is 7. The first-order valence-electron chi connectivity index (χ1n) is 6.59. The van der Waals surface area contributed by atoms with Gasteiger partial charge in [0.1, 0.15) is 0 Å². The largest absolute Gasteiger partial charge is 0.371 e. The Morgan fingerprint density at radius 1 is 1.21 bits per heavy atom. The Labute approximate surface area is 116 Å². The van der Waals surface area contributed by atoms with Crippen LogP contribution in [0.5, 0.6) is 0 Å². The molecule has 0 radical (unpaired) electrons. The third kappa shape index (κ3) is 5.20. The summed E-state index contributed by atoms with van der Waals surface area (Å²) >= 11 is 0. The van der Waals surface area contributed by atoms with Crippen LogP contribution in [0.15, 0.2) is 29.2 Å². The van der Waals surface area contributed by atoms with Gasteiger partial charge in [0.05, 0.1) is 4.90 Å². The van der Waals surface area contributed by atoms with Gasteiger partial charge in [-0.25, -0.2) is 8.42 Å². The number of sulfone groups is 1. The minimum absolute atomic E-state index is 0.361. The molecule has 2 N–H and O–H groups in total. The zero-order chi connectivity index (χ0) is 14.5. The van der Waals surface area contributed by atoms with Gasteiger partial charge in [0.2, 0.25) is 0 Å². The first-order chi connectivity index (χ1) is 8.84. The lowest BCUT2D eigenvalue weighted by Gasteiger charge is -2.26. The molecule has 1 rings (SSSR count). The fraction of sp³-hybridized carbons (Fsp3) is 0.571. The third-order valence-electron chi connectivity index (χ3n) is 2.85. The smallest absolute Gasteiger partial charge is 0.175 e. The first kappa shape index (κ1) is 16.0. The predicted molar refractivity (Wildman–Crippen MR) is 80.3 cm³/mol. The van der Waals surface area contributed by atoms with E-state index in [9.17, 15) is 8.42 Å². The first-order valence-corrected chi connectivity index (χ1v) is 8.49. The fourth-order valence-electron chi connectivity index (χ4n) is 1.95. The SMILES string of the molecule is CC(C)CN(CCCN)c1ccc(S(C)(=O)=O)cc1. The molecule has 0 fully saturated rings. The van der Waals surface area contributed by atoms with Crippen LogP contribution < -0.4 is 10.6 Å². The zero-order valence-electron chi connectivity index (χ0n) is 12.0. The molecule has 0 aliphatic heterocycles. The Kier molecular flexibility index (Phi) is 5.82. The molecule has 0 aromatic heterocycles. The molecule has 1 aromatic carbocycles. The van der Waals surface area contributed by atoms with Crippen LogP contribution in [-0.2, 0) is 9.84 Å². The highest BCUT2D eigenvalue weighted by atomic mass is 32.2. The Morgan fingerprint density at radius 3 is 2.21 bits per heavy atom. The summed E-state index contributed by atoms with van der Waals surface area (Å²) in [7, 11) is -3.12. The topological polar surface area (TPSA) is 63.4 Å². The van der Waals surface area contributed by atoms with Crippen molar-refractivity contribution in [1.29, 1.82) is 0 Å². The van der Waals surface area contributed by atoms with Gasteiger partial charge in [-0.15, -0.1) is 0 Å². The van der Waals surface area contributed by atoms with E-state index < -0.39 is 9.84 Å². The summed E-state index contributed by atoms with van der Waals surface area (Å²) in [5, 5.41) is 0. The van der Waals surface area contributed by atoms with Gasteiger partial charge < -0.3 is 10.6 Å². The third-order valence-corrected chi connectivity index (χ3v) is 3.98. The minimum atomic E-state index is -3.12. The summed E-state index contributed by atoms with van der Waals surface area (Å²) in [6.07, 6.45) is 2.16. The lowest BCUT2D eigenvalue weighted by Crippen LogP contribution is -2.29. The maximum atomic E-state index is 11.4. The monoisotopic (exact) mass is 284 g/mol. The average Bonchev–Trinajstić information content (AvgIpc) is 2.33. The molecule has 4 nitrogen and oxygen atoms in total. The summed E-state index contributed by atoms with van der Waals surface area (Å²) in [4.78, 5) is 2.61. The molecule has 0 heterocycles. The van der Waals surface area contributed by atoms with Crippen molar-refractivity contribution in [3.8, 4) is 0 Å². The molecule has 0 atom stereocenters. The van der Waals surface area contributed by atoms with Gasteiger partial charge in [0.15, 0.2) is 9.84 Å². The molecular formula is C14H24N2O2S. The van der Waals surface area contributed by atoms with Crippen molar-refractivity contribution in [3.05, 3.63) is 24.3 Å². The molecule has 0 saturated heterocycles. The average molecular weight is 284 g/mol. The second kappa shape index (κ2) is 6.91. The molecule has 1 aromatic rings. The predicted octanol–water partition coefficient (Wildman–Crippen LogP) is 1.90. The van der Waals surface area contributed by atoms with Crippen LogP contribution in [0.4, 0.5) is 5.69 Å². The van der Waals surface area contributed by atoms with Crippen molar-refractivity contribution in [2.75, 3.05) is 30.8 Å². The summed E-state index contributed by atoms with van der Waals surface area (Å²) in [6, 6.07) is 7.07. The Hall–Kier alpha value is -1.07. The lowest BCUT2D eigenvalue weighted by molar-refractivity contribution is 0.598. The molecule has 0 saturated carbocycles. The number of nitrogens with zero attached hydrogens (tertiary/aromatic N) is 1. The van der Waals surface area contributed by atoms with Gasteiger partial charge >= 0.3 is 0 Å². The molecule has 108 valence electrons. The van der Waals surface area contributed by atoms with Crippen LogP contribution >= 0.6 is 0 Å². The van der Waals surface area contributed by atoms with Crippen molar-refractivity contribution in [1.82, 2.24) is 0 Å². The summed E-state index contributed by atoms with van der Waals surface area (Å²) < 4.78 is 22.9. The van der Waals surface area contributed by atoms with E-state index >= 15 is 0 Å². The Bertz CT molecular complexity index is 481. The second-order valence-corrected chi connectivity index (χ2v) is 7.26.